The summed E-state index contributed by atoms with van der Waals surface area (Å²) >= 11 is 0. The first-order valence-electron chi connectivity index (χ1n) is 9.98. The zero-order chi connectivity index (χ0) is 22.1. The van der Waals surface area contributed by atoms with E-state index in [1.165, 1.54) is 24.3 Å². The van der Waals surface area contributed by atoms with Crippen molar-refractivity contribution in [1.82, 2.24) is 4.72 Å². The topological polar surface area (TPSA) is 75.3 Å². The zero-order valence-electron chi connectivity index (χ0n) is 17.2. The molecule has 162 valence electrons. The molecule has 1 amide bonds. The highest BCUT2D eigenvalue weighted by atomic mass is 32.2. The van der Waals surface area contributed by atoms with E-state index in [9.17, 15) is 22.0 Å². The van der Waals surface area contributed by atoms with Gasteiger partial charge in [0.05, 0.1) is 0 Å². The van der Waals surface area contributed by atoms with E-state index in [1.54, 1.807) is 6.92 Å². The molecule has 0 radical (unpaired) electrons. The number of anilines is 1. The predicted octanol–water partition coefficient (Wildman–Crippen LogP) is 4.63. The molecular weight excluding hydrogens is 410 g/mol. The summed E-state index contributed by atoms with van der Waals surface area (Å²) in [7, 11) is -4.15. The van der Waals surface area contributed by atoms with Crippen LogP contribution in [0.3, 0.4) is 0 Å². The van der Waals surface area contributed by atoms with Gasteiger partial charge in [-0.3, -0.25) is 4.79 Å². The van der Waals surface area contributed by atoms with E-state index >= 15 is 0 Å². The molecule has 1 fully saturated rings. The Hall–Kier alpha value is -2.32. The van der Waals surface area contributed by atoms with Crippen molar-refractivity contribution >= 4 is 21.6 Å². The van der Waals surface area contributed by atoms with Gasteiger partial charge in [-0.25, -0.2) is 21.9 Å². The van der Waals surface area contributed by atoms with Gasteiger partial charge in [0, 0.05) is 17.3 Å². The van der Waals surface area contributed by atoms with Crippen molar-refractivity contribution in [2.24, 2.45) is 11.8 Å². The Labute approximate surface area is 175 Å². The van der Waals surface area contributed by atoms with Crippen molar-refractivity contribution in [2.75, 3.05) is 5.32 Å². The fraction of sp³-hybridized carbons (Fsp3) is 0.409. The Kier molecular flexibility index (Phi) is 6.57. The van der Waals surface area contributed by atoms with E-state index in [2.05, 4.69) is 17.0 Å². The highest BCUT2D eigenvalue weighted by molar-refractivity contribution is 7.89. The molecule has 3 rings (SSSR count). The SMILES string of the molecule is Cc1ccc(NC(=O)c2ccc(F)c(S(=O)(=O)N[C@@H]3CCC[C@@H](C)[C@H]3C)c2)cc1F. The summed E-state index contributed by atoms with van der Waals surface area (Å²) in [5.74, 6) is -1.58. The van der Waals surface area contributed by atoms with Gasteiger partial charge in [0.1, 0.15) is 16.5 Å². The van der Waals surface area contributed by atoms with Gasteiger partial charge in [0.15, 0.2) is 0 Å². The minimum absolute atomic E-state index is 0.0391. The minimum Gasteiger partial charge on any atom is -0.322 e. The van der Waals surface area contributed by atoms with Crippen molar-refractivity contribution in [3.8, 4) is 0 Å². The predicted molar refractivity (Wildman–Crippen MR) is 112 cm³/mol. The van der Waals surface area contributed by atoms with Crippen LogP contribution in [0.25, 0.3) is 0 Å². The lowest BCUT2D eigenvalue weighted by Crippen LogP contribution is -2.43. The number of carbonyl (C=O) groups is 1. The first-order chi connectivity index (χ1) is 14.1. The van der Waals surface area contributed by atoms with Crippen molar-refractivity contribution in [2.45, 2.75) is 51.0 Å². The third-order valence-corrected chi connectivity index (χ3v) is 7.43. The summed E-state index contributed by atoms with van der Waals surface area (Å²) in [5.41, 5.74) is 0.614. The van der Waals surface area contributed by atoms with Crippen LogP contribution in [0.15, 0.2) is 41.3 Å². The van der Waals surface area contributed by atoms with Crippen molar-refractivity contribution in [3.05, 3.63) is 59.2 Å². The molecule has 2 aromatic rings. The van der Waals surface area contributed by atoms with Crippen LogP contribution in [0, 0.1) is 30.4 Å². The van der Waals surface area contributed by atoms with Gasteiger partial charge < -0.3 is 5.32 Å². The summed E-state index contributed by atoms with van der Waals surface area (Å²) in [6.45, 7) is 5.65. The number of halogens is 2. The molecule has 0 aliphatic heterocycles. The van der Waals surface area contributed by atoms with Gasteiger partial charge in [-0.05, 0) is 61.1 Å². The molecule has 0 unspecified atom stereocenters. The largest absolute Gasteiger partial charge is 0.322 e. The third kappa shape index (κ3) is 4.87. The lowest BCUT2D eigenvalue weighted by atomic mass is 9.78. The second-order valence-corrected chi connectivity index (χ2v) is 9.74. The average Bonchev–Trinajstić information content (AvgIpc) is 2.68. The van der Waals surface area contributed by atoms with Gasteiger partial charge in [0.2, 0.25) is 10.0 Å². The Morgan fingerprint density at radius 1 is 1.03 bits per heavy atom. The van der Waals surface area contributed by atoms with Crippen LogP contribution in [0.4, 0.5) is 14.5 Å². The fourth-order valence-electron chi connectivity index (χ4n) is 3.74. The van der Waals surface area contributed by atoms with E-state index in [0.29, 0.717) is 17.9 Å². The summed E-state index contributed by atoms with van der Waals surface area (Å²) < 4.78 is 56.4. The van der Waals surface area contributed by atoms with Crippen molar-refractivity contribution in [3.63, 3.8) is 0 Å². The smallest absolute Gasteiger partial charge is 0.255 e. The molecule has 2 aromatic carbocycles. The quantitative estimate of drug-likeness (QED) is 0.718. The fourth-order valence-corrected chi connectivity index (χ4v) is 5.20. The molecule has 8 heteroatoms. The molecule has 0 spiro atoms. The molecule has 2 N–H and O–H groups in total. The van der Waals surface area contributed by atoms with Gasteiger partial charge in [-0.1, -0.05) is 32.8 Å². The van der Waals surface area contributed by atoms with Gasteiger partial charge >= 0.3 is 0 Å². The number of carbonyl (C=O) groups excluding carboxylic acids is 1. The van der Waals surface area contributed by atoms with E-state index in [1.807, 2.05) is 6.92 Å². The molecule has 1 aliphatic carbocycles. The molecule has 3 atom stereocenters. The van der Waals surface area contributed by atoms with Crippen molar-refractivity contribution < 1.29 is 22.0 Å². The van der Waals surface area contributed by atoms with E-state index in [-0.39, 0.29) is 23.2 Å². The molecule has 0 aromatic heterocycles. The summed E-state index contributed by atoms with van der Waals surface area (Å²) in [5, 5.41) is 2.50. The average molecular weight is 437 g/mol. The molecule has 30 heavy (non-hydrogen) atoms. The molecule has 5 nitrogen and oxygen atoms in total. The first kappa shape index (κ1) is 22.4. The molecule has 0 saturated heterocycles. The van der Waals surface area contributed by atoms with Gasteiger partial charge in [-0.15, -0.1) is 0 Å². The summed E-state index contributed by atoms with van der Waals surface area (Å²) in [6.07, 6.45) is 2.62. The molecule has 1 aliphatic rings. The normalized spacial score (nSPS) is 22.0. The lowest BCUT2D eigenvalue weighted by Gasteiger charge is -2.34. The van der Waals surface area contributed by atoms with Crippen LogP contribution in [0.5, 0.6) is 0 Å². The maximum Gasteiger partial charge on any atom is 0.255 e. The standard InChI is InChI=1S/C22H26F2N2O3S/c1-13-5-4-6-20(15(13)3)26-30(28,29)21-11-16(8-10-18(21)23)22(27)25-17-9-7-14(2)19(24)12-17/h7-13,15,20,26H,4-6H2,1-3H3,(H,25,27)/t13-,15-,20-/m1/s1. The summed E-state index contributed by atoms with van der Waals surface area (Å²) in [6, 6.07) is 7.08. The number of sulfonamides is 1. The van der Waals surface area contributed by atoms with Crippen LogP contribution in [-0.2, 0) is 10.0 Å². The number of hydrogen-bond acceptors (Lipinski definition) is 3. The highest BCUT2D eigenvalue weighted by Crippen LogP contribution is 2.31. The lowest BCUT2D eigenvalue weighted by molar-refractivity contribution is 0.102. The zero-order valence-corrected chi connectivity index (χ0v) is 18.0. The third-order valence-electron chi connectivity index (χ3n) is 5.93. The second-order valence-electron chi connectivity index (χ2n) is 8.06. The number of aryl methyl sites for hydroxylation is 1. The number of benzene rings is 2. The second kappa shape index (κ2) is 8.81. The van der Waals surface area contributed by atoms with Crippen LogP contribution >= 0.6 is 0 Å². The van der Waals surface area contributed by atoms with Crippen LogP contribution < -0.4 is 10.0 Å². The first-order valence-corrected chi connectivity index (χ1v) is 11.5. The maximum absolute atomic E-state index is 14.4. The Bertz CT molecular complexity index is 1060. The molecule has 0 bridgehead atoms. The Balaban J connectivity index is 1.83. The number of hydrogen-bond donors (Lipinski definition) is 2. The van der Waals surface area contributed by atoms with Crippen LogP contribution in [0.1, 0.15) is 49.0 Å². The highest BCUT2D eigenvalue weighted by Gasteiger charge is 2.32. The van der Waals surface area contributed by atoms with Crippen LogP contribution in [0.2, 0.25) is 0 Å². The number of nitrogens with one attached hydrogen (secondary N) is 2. The minimum atomic E-state index is -4.15. The van der Waals surface area contributed by atoms with Crippen molar-refractivity contribution in [1.29, 1.82) is 0 Å². The maximum atomic E-state index is 14.4. The van der Waals surface area contributed by atoms with Crippen LogP contribution in [-0.4, -0.2) is 20.4 Å². The van der Waals surface area contributed by atoms with Gasteiger partial charge in [0.25, 0.3) is 5.91 Å². The summed E-state index contributed by atoms with van der Waals surface area (Å²) in [4.78, 5) is 11.9. The Morgan fingerprint density at radius 2 is 1.77 bits per heavy atom. The van der Waals surface area contributed by atoms with E-state index in [4.69, 9.17) is 0 Å². The number of rotatable bonds is 5. The van der Waals surface area contributed by atoms with E-state index in [0.717, 1.165) is 25.0 Å². The monoisotopic (exact) mass is 436 g/mol. The number of amides is 1. The molecule has 1 saturated carbocycles. The Morgan fingerprint density at radius 3 is 2.47 bits per heavy atom. The van der Waals surface area contributed by atoms with Gasteiger partial charge in [-0.2, -0.15) is 0 Å². The molecular formula is C22H26F2N2O3S. The molecule has 0 heterocycles. The van der Waals surface area contributed by atoms with E-state index < -0.39 is 32.5 Å².